The summed E-state index contributed by atoms with van der Waals surface area (Å²) in [5, 5.41) is 0. The molecule has 0 saturated heterocycles. The van der Waals surface area contributed by atoms with Gasteiger partial charge in [0.15, 0.2) is 0 Å². The van der Waals surface area contributed by atoms with Gasteiger partial charge in [0.05, 0.1) is 0 Å². The van der Waals surface area contributed by atoms with Crippen LogP contribution < -0.4 is 0 Å². The molecule has 3 rings (SSSR count). The Morgan fingerprint density at radius 1 is 0.810 bits per heavy atom. The second kappa shape index (κ2) is 6.27. The molecule has 3 heteroatoms. The Bertz CT molecular complexity index is 642. The van der Waals surface area contributed by atoms with Crippen LogP contribution in [0.3, 0.4) is 0 Å². The molecule has 0 N–H and O–H groups in total. The van der Waals surface area contributed by atoms with Crippen LogP contribution in [-0.4, -0.2) is 9.97 Å². The minimum absolute atomic E-state index is 0.165. The quantitative estimate of drug-likeness (QED) is 0.721. The van der Waals surface area contributed by atoms with Gasteiger partial charge in [0.25, 0.3) is 0 Å². The monoisotopic (exact) mass is 278 g/mol. The van der Waals surface area contributed by atoms with Gasteiger partial charge in [0, 0.05) is 30.7 Å². The van der Waals surface area contributed by atoms with Gasteiger partial charge in [-0.25, -0.2) is 4.39 Å². The van der Waals surface area contributed by atoms with Gasteiger partial charge >= 0.3 is 0 Å². The van der Waals surface area contributed by atoms with E-state index < -0.39 is 0 Å². The molecule has 0 atom stereocenters. The van der Waals surface area contributed by atoms with Crippen LogP contribution in [0.1, 0.15) is 22.6 Å². The van der Waals surface area contributed by atoms with Crippen molar-refractivity contribution < 1.29 is 4.39 Å². The third kappa shape index (κ3) is 3.31. The molecule has 2 aromatic heterocycles. The van der Waals surface area contributed by atoms with Gasteiger partial charge in [-0.15, -0.1) is 0 Å². The molecule has 0 saturated carbocycles. The Morgan fingerprint density at radius 2 is 1.38 bits per heavy atom. The van der Waals surface area contributed by atoms with Gasteiger partial charge in [-0.1, -0.05) is 24.3 Å². The lowest BCUT2D eigenvalue weighted by molar-refractivity contribution is 0.626. The molecular formula is C18H15FN2. The van der Waals surface area contributed by atoms with Crippen molar-refractivity contribution in [1.82, 2.24) is 9.97 Å². The number of benzene rings is 1. The van der Waals surface area contributed by atoms with E-state index in [0.717, 1.165) is 23.1 Å². The third-order valence-corrected chi connectivity index (χ3v) is 3.53. The smallest absolute Gasteiger partial charge is 0.123 e. The van der Waals surface area contributed by atoms with Crippen molar-refractivity contribution in [3.63, 3.8) is 0 Å². The lowest BCUT2D eigenvalue weighted by Gasteiger charge is -2.17. The topological polar surface area (TPSA) is 25.8 Å². The Hall–Kier alpha value is -2.55. The van der Waals surface area contributed by atoms with E-state index in [0.29, 0.717) is 0 Å². The lowest BCUT2D eigenvalue weighted by Crippen LogP contribution is -2.06. The number of pyridine rings is 2. The maximum Gasteiger partial charge on any atom is 0.123 e. The molecule has 3 aromatic rings. The van der Waals surface area contributed by atoms with Crippen molar-refractivity contribution in [1.29, 1.82) is 0 Å². The minimum atomic E-state index is -0.210. The van der Waals surface area contributed by atoms with Crippen molar-refractivity contribution in [2.75, 3.05) is 0 Å². The number of halogens is 1. The van der Waals surface area contributed by atoms with Gasteiger partial charge < -0.3 is 0 Å². The second-order valence-electron chi connectivity index (χ2n) is 4.96. The zero-order valence-electron chi connectivity index (χ0n) is 11.5. The molecule has 0 aliphatic rings. The zero-order valence-corrected chi connectivity index (χ0v) is 11.5. The van der Waals surface area contributed by atoms with Gasteiger partial charge in [0.1, 0.15) is 5.82 Å². The highest BCUT2D eigenvalue weighted by Gasteiger charge is 2.15. The first-order chi connectivity index (χ1) is 10.3. The van der Waals surface area contributed by atoms with Gasteiger partial charge in [-0.05, 0) is 47.4 Å². The molecule has 2 heterocycles. The van der Waals surface area contributed by atoms with E-state index in [4.69, 9.17) is 0 Å². The van der Waals surface area contributed by atoms with Crippen LogP contribution in [0.25, 0.3) is 0 Å². The van der Waals surface area contributed by atoms with Crippen LogP contribution in [-0.2, 0) is 6.42 Å². The van der Waals surface area contributed by atoms with E-state index in [2.05, 4.69) is 22.1 Å². The van der Waals surface area contributed by atoms with Crippen LogP contribution in [0.15, 0.2) is 73.3 Å². The van der Waals surface area contributed by atoms with E-state index in [1.165, 1.54) is 12.1 Å². The van der Waals surface area contributed by atoms with Crippen molar-refractivity contribution in [3.8, 4) is 0 Å². The fourth-order valence-corrected chi connectivity index (χ4v) is 2.45. The molecule has 0 fully saturated rings. The van der Waals surface area contributed by atoms with E-state index in [-0.39, 0.29) is 11.7 Å². The van der Waals surface area contributed by atoms with E-state index in [1.54, 1.807) is 12.4 Å². The van der Waals surface area contributed by atoms with Crippen LogP contribution in [0.2, 0.25) is 0 Å². The van der Waals surface area contributed by atoms with E-state index in [1.807, 2.05) is 36.7 Å². The Kier molecular flexibility index (Phi) is 4.01. The molecule has 21 heavy (non-hydrogen) atoms. The summed E-state index contributed by atoms with van der Waals surface area (Å²) in [5.41, 5.74) is 3.36. The molecule has 104 valence electrons. The highest BCUT2D eigenvalue weighted by atomic mass is 19.1. The van der Waals surface area contributed by atoms with Crippen molar-refractivity contribution >= 4 is 0 Å². The first-order valence-corrected chi connectivity index (χ1v) is 6.87. The first-order valence-electron chi connectivity index (χ1n) is 6.87. The van der Waals surface area contributed by atoms with Crippen molar-refractivity contribution in [3.05, 3.63) is 95.8 Å². The number of hydrogen-bond acceptors (Lipinski definition) is 2. The largest absolute Gasteiger partial charge is 0.264 e. The Morgan fingerprint density at radius 3 is 1.86 bits per heavy atom. The molecule has 0 amide bonds. The highest BCUT2D eigenvalue weighted by Crippen LogP contribution is 2.27. The standard InChI is InChI=1S/C18H15FN2/c19-17-7-5-14(6-8-17)11-18(15-3-1-9-20-12-15)16-4-2-10-21-13-16/h1-10,12-13,18H,11H2. The maximum absolute atomic E-state index is 13.0. The summed E-state index contributed by atoms with van der Waals surface area (Å²) in [6.45, 7) is 0. The Labute approximate surface area is 123 Å². The van der Waals surface area contributed by atoms with Crippen LogP contribution in [0.5, 0.6) is 0 Å². The summed E-state index contributed by atoms with van der Waals surface area (Å²) in [6, 6.07) is 14.6. The summed E-state index contributed by atoms with van der Waals surface area (Å²) < 4.78 is 13.0. The highest BCUT2D eigenvalue weighted by molar-refractivity contribution is 5.32. The molecular weight excluding hydrogens is 263 g/mol. The zero-order chi connectivity index (χ0) is 14.5. The third-order valence-electron chi connectivity index (χ3n) is 3.53. The van der Waals surface area contributed by atoms with Gasteiger partial charge in [-0.2, -0.15) is 0 Å². The fraction of sp³-hybridized carbons (Fsp3) is 0.111. The van der Waals surface area contributed by atoms with E-state index >= 15 is 0 Å². The second-order valence-corrected chi connectivity index (χ2v) is 4.96. The summed E-state index contributed by atoms with van der Waals surface area (Å²) in [7, 11) is 0. The van der Waals surface area contributed by atoms with Crippen LogP contribution >= 0.6 is 0 Å². The summed E-state index contributed by atoms with van der Waals surface area (Å²) in [6.07, 6.45) is 8.07. The molecule has 0 spiro atoms. The van der Waals surface area contributed by atoms with Crippen molar-refractivity contribution in [2.45, 2.75) is 12.3 Å². The summed E-state index contributed by atoms with van der Waals surface area (Å²) in [4.78, 5) is 8.41. The molecule has 0 radical (unpaired) electrons. The average Bonchev–Trinajstić information content (AvgIpc) is 2.56. The maximum atomic E-state index is 13.0. The average molecular weight is 278 g/mol. The molecule has 0 aliphatic heterocycles. The normalized spacial score (nSPS) is 10.8. The van der Waals surface area contributed by atoms with Gasteiger partial charge in [-0.3, -0.25) is 9.97 Å². The summed E-state index contributed by atoms with van der Waals surface area (Å²) >= 11 is 0. The van der Waals surface area contributed by atoms with E-state index in [9.17, 15) is 4.39 Å². The summed E-state index contributed by atoms with van der Waals surface area (Å²) in [5.74, 6) is -0.0454. The SMILES string of the molecule is Fc1ccc(CC(c2cccnc2)c2cccnc2)cc1. The number of rotatable bonds is 4. The number of nitrogens with zero attached hydrogens (tertiary/aromatic N) is 2. The number of hydrogen-bond donors (Lipinski definition) is 0. The van der Waals surface area contributed by atoms with Crippen LogP contribution in [0, 0.1) is 5.82 Å². The minimum Gasteiger partial charge on any atom is -0.264 e. The van der Waals surface area contributed by atoms with Crippen molar-refractivity contribution in [2.24, 2.45) is 0 Å². The first kappa shape index (κ1) is 13.4. The predicted molar refractivity (Wildman–Crippen MR) is 80.4 cm³/mol. The Balaban J connectivity index is 1.95. The number of aromatic nitrogens is 2. The van der Waals surface area contributed by atoms with Gasteiger partial charge in [0.2, 0.25) is 0 Å². The lowest BCUT2D eigenvalue weighted by atomic mass is 9.88. The van der Waals surface area contributed by atoms with Crippen LogP contribution in [0.4, 0.5) is 4.39 Å². The molecule has 2 nitrogen and oxygen atoms in total. The molecule has 1 aromatic carbocycles. The molecule has 0 bridgehead atoms. The fourth-order valence-electron chi connectivity index (χ4n) is 2.45. The molecule has 0 aliphatic carbocycles. The molecule has 0 unspecified atom stereocenters. The predicted octanol–water partition coefficient (Wildman–Crippen LogP) is 3.99.